The van der Waals surface area contributed by atoms with Gasteiger partial charge in [0.25, 0.3) is 5.91 Å². The molecule has 0 unspecified atom stereocenters. The topological polar surface area (TPSA) is 268 Å². The van der Waals surface area contributed by atoms with Crippen LogP contribution < -0.4 is 37.2 Å². The number of carbonyl (C=O) groups is 8. The summed E-state index contributed by atoms with van der Waals surface area (Å²) in [6, 6.07) is 16.2. The molecule has 2 aliphatic heterocycles. The quantitative estimate of drug-likeness (QED) is 0.0696. The number of nitrogens with zero attached hydrogens (tertiary/aromatic N) is 2. The maximum atomic E-state index is 14.5. The lowest BCUT2D eigenvalue weighted by molar-refractivity contribution is -0.144. The zero-order chi connectivity index (χ0) is 54.7. The molecule has 9 N–H and O–H groups in total. The van der Waals surface area contributed by atoms with E-state index in [1.807, 2.05) is 32.9 Å². The molecule has 2 fully saturated rings. The van der Waals surface area contributed by atoms with Crippen molar-refractivity contribution in [3.63, 3.8) is 0 Å². The number of ketones is 1. The first-order valence-electron chi connectivity index (χ1n) is 25.3. The first kappa shape index (κ1) is 58.4. The molecule has 19 nitrogen and oxygen atoms in total. The van der Waals surface area contributed by atoms with Crippen molar-refractivity contribution < 1.29 is 48.6 Å². The molecular weight excluding hydrogens is 947 g/mol. The minimum absolute atomic E-state index is 0.0231. The maximum Gasteiger partial charge on any atom is 0.251 e. The summed E-state index contributed by atoms with van der Waals surface area (Å²) in [5, 5.41) is 40.7. The minimum Gasteiger partial charge on any atom is -0.394 e. The van der Waals surface area contributed by atoms with Crippen LogP contribution in [0.3, 0.4) is 0 Å². The molecule has 402 valence electrons. The molecule has 19 heteroatoms. The second-order valence-electron chi connectivity index (χ2n) is 21.7. The van der Waals surface area contributed by atoms with Gasteiger partial charge in [0, 0.05) is 36.7 Å². The summed E-state index contributed by atoms with van der Waals surface area (Å²) in [6.45, 7) is 13.3. The van der Waals surface area contributed by atoms with E-state index in [2.05, 4.69) is 37.2 Å². The molecule has 7 amide bonds. The fraction of sp³-hybridized carbons (Fsp3) is 0.527. The average molecular weight is 1020 g/mol. The number of aliphatic hydroxyl groups is 2. The Labute approximate surface area is 434 Å². The SMILES string of the molecule is CN[C@@H](C)C(=O)N[C@H](C(=O)N1C[C@@H](CC(=O)c2ccc(C(=O)N[C@H]3C[C@@H](C(=O)N[C@H](CO)c4ccccc4)N(C(=O)[C@@H](NC(=O)[C@H](C)NC)C(C)(C)C)C3)cc2)C[C@H]1C(=O)N[C@H](CO)c1ccccc1)C(C)(C)C. The van der Waals surface area contributed by atoms with Crippen molar-refractivity contribution in [2.24, 2.45) is 16.7 Å². The predicted molar refractivity (Wildman–Crippen MR) is 279 cm³/mol. The zero-order valence-electron chi connectivity index (χ0n) is 44.4. The first-order valence-corrected chi connectivity index (χ1v) is 25.3. The van der Waals surface area contributed by atoms with E-state index in [1.165, 1.54) is 34.1 Å². The highest BCUT2D eigenvalue weighted by Crippen LogP contribution is 2.32. The molecular formula is C55H77N9O10. The van der Waals surface area contributed by atoms with E-state index < -0.39 is 126 Å². The number of rotatable bonds is 21. The van der Waals surface area contributed by atoms with Crippen LogP contribution in [-0.2, 0) is 28.8 Å². The normalized spacial score (nSPS) is 20.3. The van der Waals surface area contributed by atoms with Crippen molar-refractivity contribution in [2.75, 3.05) is 40.4 Å². The Kier molecular flexibility index (Phi) is 20.2. The number of nitrogens with one attached hydrogen (secondary N) is 7. The van der Waals surface area contributed by atoms with Gasteiger partial charge in [-0.25, -0.2) is 0 Å². The Balaban J connectivity index is 1.33. The van der Waals surface area contributed by atoms with Crippen LogP contribution in [0.15, 0.2) is 84.9 Å². The summed E-state index contributed by atoms with van der Waals surface area (Å²) in [4.78, 5) is 114. The summed E-state index contributed by atoms with van der Waals surface area (Å²) < 4.78 is 0. The van der Waals surface area contributed by atoms with Gasteiger partial charge in [0.05, 0.1) is 37.4 Å². The summed E-state index contributed by atoms with van der Waals surface area (Å²) >= 11 is 0. The van der Waals surface area contributed by atoms with Crippen molar-refractivity contribution >= 4 is 47.1 Å². The van der Waals surface area contributed by atoms with Gasteiger partial charge < -0.3 is 57.2 Å². The Hall–Kier alpha value is -6.54. The summed E-state index contributed by atoms with van der Waals surface area (Å²) in [5.41, 5.74) is 0.257. The molecule has 2 saturated heterocycles. The number of amides is 7. The van der Waals surface area contributed by atoms with Crippen LogP contribution >= 0.6 is 0 Å². The third-order valence-electron chi connectivity index (χ3n) is 14.0. The molecule has 74 heavy (non-hydrogen) atoms. The number of hydrogen-bond acceptors (Lipinski definition) is 12. The number of benzene rings is 3. The second kappa shape index (κ2) is 25.6. The highest BCUT2D eigenvalue weighted by atomic mass is 16.3. The molecule has 0 saturated carbocycles. The van der Waals surface area contributed by atoms with Gasteiger partial charge in [-0.15, -0.1) is 0 Å². The molecule has 0 bridgehead atoms. The predicted octanol–water partition coefficient (Wildman–Crippen LogP) is 2.15. The number of aliphatic hydroxyl groups excluding tert-OH is 2. The van der Waals surface area contributed by atoms with Gasteiger partial charge in [-0.05, 0) is 80.8 Å². The molecule has 5 rings (SSSR count). The van der Waals surface area contributed by atoms with E-state index in [4.69, 9.17) is 0 Å². The lowest BCUT2D eigenvalue weighted by Crippen LogP contribution is -2.59. The fourth-order valence-electron chi connectivity index (χ4n) is 9.25. The molecule has 2 aliphatic rings. The van der Waals surface area contributed by atoms with Gasteiger partial charge in [-0.3, -0.25) is 38.4 Å². The Morgan fingerprint density at radius 3 is 1.38 bits per heavy atom. The largest absolute Gasteiger partial charge is 0.394 e. The van der Waals surface area contributed by atoms with E-state index >= 15 is 0 Å². The van der Waals surface area contributed by atoms with E-state index in [9.17, 15) is 48.6 Å². The van der Waals surface area contributed by atoms with Gasteiger partial charge in [0.2, 0.25) is 35.4 Å². The van der Waals surface area contributed by atoms with Crippen LogP contribution in [0.5, 0.6) is 0 Å². The Morgan fingerprint density at radius 1 is 0.568 bits per heavy atom. The molecule has 0 radical (unpaired) electrons. The molecule has 3 aromatic rings. The van der Waals surface area contributed by atoms with Crippen LogP contribution in [0.2, 0.25) is 0 Å². The van der Waals surface area contributed by atoms with E-state index in [0.717, 1.165) is 0 Å². The fourth-order valence-corrected chi connectivity index (χ4v) is 9.25. The lowest BCUT2D eigenvalue weighted by Gasteiger charge is -2.36. The summed E-state index contributed by atoms with van der Waals surface area (Å²) in [7, 11) is 3.25. The van der Waals surface area contributed by atoms with Crippen molar-refractivity contribution in [2.45, 2.75) is 129 Å². The van der Waals surface area contributed by atoms with Crippen LogP contribution in [0.4, 0.5) is 0 Å². The first-order chi connectivity index (χ1) is 34.9. The third kappa shape index (κ3) is 14.8. The van der Waals surface area contributed by atoms with Crippen LogP contribution in [0.1, 0.15) is 119 Å². The molecule has 10 atom stereocenters. The van der Waals surface area contributed by atoms with Crippen LogP contribution in [0.25, 0.3) is 0 Å². The van der Waals surface area contributed by atoms with Gasteiger partial charge in [-0.1, -0.05) is 114 Å². The number of carbonyl (C=O) groups excluding carboxylic acids is 8. The number of hydrogen-bond donors (Lipinski definition) is 9. The Bertz CT molecular complexity index is 2280. The number of Topliss-reactive ketones (excluding diaryl/α,β-unsaturated/α-hetero) is 1. The van der Waals surface area contributed by atoms with Crippen molar-refractivity contribution in [1.82, 2.24) is 47.0 Å². The van der Waals surface area contributed by atoms with Crippen molar-refractivity contribution in [1.29, 1.82) is 0 Å². The molecule has 2 heterocycles. The van der Waals surface area contributed by atoms with Crippen molar-refractivity contribution in [3.05, 3.63) is 107 Å². The highest BCUT2D eigenvalue weighted by Gasteiger charge is 2.48. The Morgan fingerprint density at radius 2 is 0.973 bits per heavy atom. The van der Waals surface area contributed by atoms with Crippen molar-refractivity contribution in [3.8, 4) is 0 Å². The van der Waals surface area contributed by atoms with E-state index in [0.29, 0.717) is 11.1 Å². The van der Waals surface area contributed by atoms with Crippen LogP contribution in [0, 0.1) is 16.7 Å². The second-order valence-corrected chi connectivity index (χ2v) is 21.7. The summed E-state index contributed by atoms with van der Waals surface area (Å²) in [5.74, 6) is -4.17. The average Bonchev–Trinajstić information content (AvgIpc) is 4.01. The standard InChI is InChI=1S/C55H77N9O10/c1-32(56-9)47(68)61-45(54(3,4)5)52(73)63-28-34(25-42(63)50(71)59-40(30-65)35-17-13-11-14-18-35)26-44(67)37-21-23-38(24-22-37)49(70)58-39-27-43(51(72)60-41(31-66)36-19-15-12-16-20-36)64(29-39)53(74)46(55(6,7)8)62-48(69)33(2)57-10/h11-24,32-34,39-43,45-46,56-57,65-66H,25-31H2,1-10H3,(H,58,70)(H,59,71)(H,60,72)(H,61,68)(H,62,69)/t32-,33-,34+,39-,40+,41+,42-,43-,45+,46+/m0/s1. The van der Waals surface area contributed by atoms with Crippen LogP contribution in [-0.4, -0.2) is 150 Å². The molecule has 0 aliphatic carbocycles. The van der Waals surface area contributed by atoms with E-state index in [1.54, 1.807) is 97.2 Å². The summed E-state index contributed by atoms with van der Waals surface area (Å²) in [6.07, 6.45) is 0.0970. The molecule has 3 aromatic carbocycles. The van der Waals surface area contributed by atoms with Gasteiger partial charge >= 0.3 is 0 Å². The van der Waals surface area contributed by atoms with Gasteiger partial charge in [0.15, 0.2) is 5.78 Å². The smallest absolute Gasteiger partial charge is 0.251 e. The highest BCUT2D eigenvalue weighted by molar-refractivity contribution is 6.00. The van der Waals surface area contributed by atoms with Gasteiger partial charge in [0.1, 0.15) is 24.2 Å². The number of likely N-dealkylation sites (tertiary alicyclic amines) is 2. The minimum atomic E-state index is -1.08. The maximum absolute atomic E-state index is 14.5. The zero-order valence-corrected chi connectivity index (χ0v) is 44.4. The van der Waals surface area contributed by atoms with Gasteiger partial charge in [-0.2, -0.15) is 0 Å². The third-order valence-corrected chi connectivity index (χ3v) is 14.0. The monoisotopic (exact) mass is 1020 g/mol. The molecule has 0 aromatic heterocycles. The van der Waals surface area contributed by atoms with E-state index in [-0.39, 0.29) is 49.3 Å². The lowest BCUT2D eigenvalue weighted by atomic mass is 9.85. The number of likely N-dealkylation sites (N-methyl/N-ethyl adjacent to an activating group) is 2. The molecule has 0 spiro atoms.